The molecule has 1 aromatic heterocycles. The van der Waals surface area contributed by atoms with Gasteiger partial charge in [-0.1, -0.05) is 25.1 Å². The average molecular weight is 327 g/mol. The number of rotatable bonds is 2. The highest BCUT2D eigenvalue weighted by Crippen LogP contribution is 2.41. The third-order valence-electron chi connectivity index (χ3n) is 5.40. The maximum absolute atomic E-state index is 13.0. The van der Waals surface area contributed by atoms with Gasteiger partial charge in [-0.05, 0) is 44.1 Å². The van der Waals surface area contributed by atoms with Gasteiger partial charge in [-0.3, -0.25) is 9.69 Å². The minimum Gasteiger partial charge on any atom is -0.356 e. The van der Waals surface area contributed by atoms with E-state index in [2.05, 4.69) is 48.9 Å². The van der Waals surface area contributed by atoms with E-state index in [-0.39, 0.29) is 24.0 Å². The lowest BCUT2D eigenvalue weighted by Crippen LogP contribution is -2.42. The van der Waals surface area contributed by atoms with Gasteiger partial charge in [0, 0.05) is 29.1 Å². The minimum atomic E-state index is -0.154. The number of H-pyrrole nitrogens is 1. The van der Waals surface area contributed by atoms with Crippen molar-refractivity contribution in [3.05, 3.63) is 35.5 Å². The Kier molecular flexibility index (Phi) is 3.23. The van der Waals surface area contributed by atoms with Crippen LogP contribution in [0.4, 0.5) is 0 Å². The van der Waals surface area contributed by atoms with Crippen molar-refractivity contribution in [2.75, 3.05) is 0 Å². The van der Waals surface area contributed by atoms with Crippen LogP contribution in [0.1, 0.15) is 44.5 Å². The molecule has 1 N–H and O–H groups in total. The molecule has 5 heteroatoms. The van der Waals surface area contributed by atoms with E-state index in [9.17, 15) is 4.79 Å². The van der Waals surface area contributed by atoms with Gasteiger partial charge in [0.05, 0.1) is 6.04 Å². The molecule has 4 nitrogen and oxygen atoms in total. The smallest absolute Gasteiger partial charge is 0.252 e. The van der Waals surface area contributed by atoms with Crippen molar-refractivity contribution >= 4 is 34.1 Å². The molecule has 0 spiro atoms. The van der Waals surface area contributed by atoms with Crippen molar-refractivity contribution in [3.8, 4) is 0 Å². The molecule has 1 saturated heterocycles. The lowest BCUT2D eigenvalue weighted by Gasteiger charge is -2.35. The summed E-state index contributed by atoms with van der Waals surface area (Å²) < 4.78 is 0. The van der Waals surface area contributed by atoms with E-state index in [0.29, 0.717) is 5.11 Å². The van der Waals surface area contributed by atoms with Crippen LogP contribution in [0.5, 0.6) is 0 Å². The lowest BCUT2D eigenvalue weighted by molar-refractivity contribution is -0.129. The van der Waals surface area contributed by atoms with E-state index in [4.69, 9.17) is 12.2 Å². The van der Waals surface area contributed by atoms with E-state index >= 15 is 0 Å². The molecule has 1 aromatic carbocycles. The highest BCUT2D eigenvalue weighted by atomic mass is 32.1. The molecule has 0 bridgehead atoms. The Labute approximate surface area is 141 Å². The molecule has 2 aromatic rings. The summed E-state index contributed by atoms with van der Waals surface area (Å²) in [7, 11) is 0. The molecule has 3 heterocycles. The molecule has 2 aliphatic heterocycles. The van der Waals surface area contributed by atoms with Crippen LogP contribution in [0.15, 0.2) is 24.3 Å². The van der Waals surface area contributed by atoms with Crippen molar-refractivity contribution in [2.24, 2.45) is 0 Å². The Hall–Kier alpha value is -1.88. The van der Waals surface area contributed by atoms with Gasteiger partial charge in [0.2, 0.25) is 0 Å². The molecule has 1 fully saturated rings. The molecule has 3 atom stereocenters. The Morgan fingerprint density at radius 2 is 2.13 bits per heavy atom. The summed E-state index contributed by atoms with van der Waals surface area (Å²) in [5.41, 5.74) is 3.61. The Bertz CT molecular complexity index is 812. The second kappa shape index (κ2) is 5.06. The van der Waals surface area contributed by atoms with Crippen molar-refractivity contribution in [1.82, 2.24) is 14.8 Å². The van der Waals surface area contributed by atoms with Crippen LogP contribution in [-0.2, 0) is 11.2 Å². The second-order valence-corrected chi connectivity index (χ2v) is 6.98. The second-order valence-electron chi connectivity index (χ2n) is 6.61. The van der Waals surface area contributed by atoms with E-state index in [1.807, 2.05) is 11.0 Å². The van der Waals surface area contributed by atoms with Gasteiger partial charge < -0.3 is 9.88 Å². The van der Waals surface area contributed by atoms with Gasteiger partial charge in [0.25, 0.3) is 5.91 Å². The molecule has 0 aliphatic carbocycles. The highest BCUT2D eigenvalue weighted by Gasteiger charge is 2.49. The number of nitrogens with zero attached hydrogens (tertiary/aromatic N) is 2. The molecule has 120 valence electrons. The number of aromatic amines is 1. The highest BCUT2D eigenvalue weighted by molar-refractivity contribution is 7.80. The summed E-state index contributed by atoms with van der Waals surface area (Å²) in [6.45, 7) is 6.30. The number of thiocarbonyl (C=S) groups is 1. The first-order valence-electron chi connectivity index (χ1n) is 8.29. The Morgan fingerprint density at radius 3 is 2.87 bits per heavy atom. The van der Waals surface area contributed by atoms with Crippen LogP contribution in [0.3, 0.4) is 0 Å². The summed E-state index contributed by atoms with van der Waals surface area (Å²) in [6, 6.07) is 8.42. The van der Waals surface area contributed by atoms with Gasteiger partial charge in [0.1, 0.15) is 6.04 Å². The average Bonchev–Trinajstić information content (AvgIpc) is 3.04. The maximum atomic E-state index is 13.0. The summed E-state index contributed by atoms with van der Waals surface area (Å²) in [5.74, 6) is 0.159. The van der Waals surface area contributed by atoms with Crippen molar-refractivity contribution < 1.29 is 4.79 Å². The van der Waals surface area contributed by atoms with Crippen LogP contribution >= 0.6 is 12.2 Å². The number of carbonyl (C=O) groups excluding carboxylic acids is 1. The Morgan fingerprint density at radius 1 is 1.39 bits per heavy atom. The monoisotopic (exact) mass is 327 g/mol. The summed E-state index contributed by atoms with van der Waals surface area (Å²) in [6.07, 6.45) is 1.64. The fourth-order valence-corrected chi connectivity index (χ4v) is 4.53. The lowest BCUT2D eigenvalue weighted by atomic mass is 9.93. The summed E-state index contributed by atoms with van der Waals surface area (Å²) >= 11 is 5.66. The molecule has 1 amide bonds. The third-order valence-corrected chi connectivity index (χ3v) is 5.80. The van der Waals surface area contributed by atoms with Gasteiger partial charge in [-0.25, -0.2) is 0 Å². The normalized spacial score (nSPS) is 25.0. The van der Waals surface area contributed by atoms with Crippen LogP contribution in [0, 0.1) is 0 Å². The van der Waals surface area contributed by atoms with E-state index in [1.165, 1.54) is 16.6 Å². The maximum Gasteiger partial charge on any atom is 0.252 e. The van der Waals surface area contributed by atoms with Gasteiger partial charge in [-0.2, -0.15) is 0 Å². The first kappa shape index (κ1) is 14.7. The largest absolute Gasteiger partial charge is 0.356 e. The predicted molar refractivity (Wildman–Crippen MR) is 95.2 cm³/mol. The number of nitrogens with one attached hydrogen (secondary N) is 1. The van der Waals surface area contributed by atoms with Gasteiger partial charge in [-0.15, -0.1) is 0 Å². The molecule has 0 radical (unpaired) electrons. The molecular weight excluding hydrogens is 306 g/mol. The molecule has 4 rings (SSSR count). The van der Waals surface area contributed by atoms with E-state index < -0.39 is 0 Å². The van der Waals surface area contributed by atoms with E-state index in [1.54, 1.807) is 0 Å². The fourth-order valence-electron chi connectivity index (χ4n) is 3.97. The van der Waals surface area contributed by atoms with Crippen molar-refractivity contribution in [3.63, 3.8) is 0 Å². The van der Waals surface area contributed by atoms with Crippen LogP contribution in [0.2, 0.25) is 0 Å². The number of carbonyl (C=O) groups is 1. The third kappa shape index (κ3) is 1.89. The number of amides is 1. The molecule has 2 aliphatic rings. The molecule has 23 heavy (non-hydrogen) atoms. The first-order valence-corrected chi connectivity index (χ1v) is 8.70. The zero-order valence-electron chi connectivity index (χ0n) is 13.7. The van der Waals surface area contributed by atoms with Crippen molar-refractivity contribution in [2.45, 2.75) is 51.7 Å². The standard InChI is InChI=1S/C18H21N3OS/c1-4-10(2)20-17(22)15-9-13-12-7-5-6-8-14(12)19-16(13)11(3)21(15)18(20)23/h5-8,10-11,15,19H,4,9H2,1-3H3/t10-,11-,15-/m1/s1. The predicted octanol–water partition coefficient (Wildman–Crippen LogP) is 3.38. The molecular formula is C18H21N3OS. The van der Waals surface area contributed by atoms with Gasteiger partial charge >= 0.3 is 0 Å². The number of fused-ring (bicyclic) bond motifs is 4. The fraction of sp³-hybridized carbons (Fsp3) is 0.444. The number of aromatic nitrogens is 1. The number of benzene rings is 1. The summed E-state index contributed by atoms with van der Waals surface area (Å²) in [4.78, 5) is 20.4. The number of hydrogen-bond acceptors (Lipinski definition) is 2. The van der Waals surface area contributed by atoms with Gasteiger partial charge in [0.15, 0.2) is 5.11 Å². The zero-order valence-corrected chi connectivity index (χ0v) is 14.5. The van der Waals surface area contributed by atoms with E-state index in [0.717, 1.165) is 18.4 Å². The number of para-hydroxylation sites is 1. The number of hydrogen-bond donors (Lipinski definition) is 1. The topological polar surface area (TPSA) is 39.3 Å². The quantitative estimate of drug-likeness (QED) is 0.860. The summed E-state index contributed by atoms with van der Waals surface area (Å²) in [5, 5.41) is 1.92. The molecule has 0 unspecified atom stereocenters. The van der Waals surface area contributed by atoms with Crippen LogP contribution < -0.4 is 0 Å². The SMILES string of the molecule is CC[C@@H](C)N1C(=O)[C@H]2Cc3c([nH]c4ccccc34)[C@@H](C)N2C1=S. The minimum absolute atomic E-state index is 0.0988. The van der Waals surface area contributed by atoms with Crippen LogP contribution in [0.25, 0.3) is 10.9 Å². The van der Waals surface area contributed by atoms with Crippen LogP contribution in [-0.4, -0.2) is 37.9 Å². The zero-order chi connectivity index (χ0) is 16.3. The first-order chi connectivity index (χ1) is 11.0. The molecule has 0 saturated carbocycles. The van der Waals surface area contributed by atoms with Crippen molar-refractivity contribution in [1.29, 1.82) is 0 Å². The Balaban J connectivity index is 1.81.